The fourth-order valence-electron chi connectivity index (χ4n) is 2.73. The van der Waals surface area contributed by atoms with Crippen LogP contribution in [-0.4, -0.2) is 17.1 Å². The SMILES string of the molecule is CC(C)C(=O)NC12CCC(F)(CC1)CC2. The maximum absolute atomic E-state index is 13.9. The van der Waals surface area contributed by atoms with Gasteiger partial charge >= 0.3 is 0 Å². The molecule has 0 unspecified atom stereocenters. The van der Waals surface area contributed by atoms with Gasteiger partial charge in [0.25, 0.3) is 0 Å². The molecule has 0 aromatic carbocycles. The lowest BCUT2D eigenvalue weighted by Gasteiger charge is -2.50. The molecule has 0 spiro atoms. The molecule has 3 saturated carbocycles. The van der Waals surface area contributed by atoms with Crippen molar-refractivity contribution < 1.29 is 9.18 Å². The van der Waals surface area contributed by atoms with Crippen molar-refractivity contribution in [2.45, 2.75) is 63.6 Å². The van der Waals surface area contributed by atoms with Crippen LogP contribution in [0.3, 0.4) is 0 Å². The highest BCUT2D eigenvalue weighted by Crippen LogP contribution is 2.48. The Labute approximate surface area is 90.6 Å². The molecule has 0 aromatic heterocycles. The van der Waals surface area contributed by atoms with Crippen LogP contribution in [0.5, 0.6) is 0 Å². The third-order valence-corrected chi connectivity index (χ3v) is 4.07. The van der Waals surface area contributed by atoms with Crippen LogP contribution < -0.4 is 5.32 Å². The van der Waals surface area contributed by atoms with Crippen molar-refractivity contribution in [1.82, 2.24) is 5.32 Å². The van der Waals surface area contributed by atoms with E-state index in [0.29, 0.717) is 19.3 Å². The van der Waals surface area contributed by atoms with Gasteiger partial charge in [-0.1, -0.05) is 13.8 Å². The highest BCUT2D eigenvalue weighted by molar-refractivity contribution is 5.78. The Kier molecular flexibility index (Phi) is 2.52. The molecule has 0 aromatic rings. The number of halogens is 1. The van der Waals surface area contributed by atoms with Crippen molar-refractivity contribution in [3.05, 3.63) is 0 Å². The first-order valence-corrected chi connectivity index (χ1v) is 5.96. The third-order valence-electron chi connectivity index (χ3n) is 4.07. The number of hydrogen-bond acceptors (Lipinski definition) is 1. The first-order chi connectivity index (χ1) is 6.95. The minimum Gasteiger partial charge on any atom is -0.350 e. The summed E-state index contributed by atoms with van der Waals surface area (Å²) in [5.41, 5.74) is -0.987. The number of carbonyl (C=O) groups is 1. The molecule has 0 radical (unpaired) electrons. The molecule has 86 valence electrons. The topological polar surface area (TPSA) is 29.1 Å². The first kappa shape index (κ1) is 10.9. The van der Waals surface area contributed by atoms with Crippen LogP contribution in [0, 0.1) is 5.92 Å². The van der Waals surface area contributed by atoms with Crippen LogP contribution in [0.1, 0.15) is 52.4 Å². The van der Waals surface area contributed by atoms with Gasteiger partial charge < -0.3 is 5.32 Å². The van der Waals surface area contributed by atoms with Gasteiger partial charge in [0.15, 0.2) is 0 Å². The summed E-state index contributed by atoms with van der Waals surface area (Å²) in [6.45, 7) is 3.80. The smallest absolute Gasteiger partial charge is 0.222 e. The molecule has 3 fully saturated rings. The van der Waals surface area contributed by atoms with E-state index in [1.54, 1.807) is 0 Å². The molecule has 0 aliphatic heterocycles. The van der Waals surface area contributed by atoms with E-state index in [1.807, 2.05) is 13.8 Å². The van der Waals surface area contributed by atoms with Gasteiger partial charge in [-0.3, -0.25) is 4.79 Å². The van der Waals surface area contributed by atoms with Crippen LogP contribution in [0.2, 0.25) is 0 Å². The Bertz CT molecular complexity index is 250. The van der Waals surface area contributed by atoms with E-state index in [-0.39, 0.29) is 17.4 Å². The Balaban J connectivity index is 2.01. The van der Waals surface area contributed by atoms with Crippen LogP contribution in [0.4, 0.5) is 4.39 Å². The Morgan fingerprint density at radius 1 is 1.13 bits per heavy atom. The summed E-state index contributed by atoms with van der Waals surface area (Å²) >= 11 is 0. The maximum Gasteiger partial charge on any atom is 0.222 e. The molecule has 2 bridgehead atoms. The quantitative estimate of drug-likeness (QED) is 0.750. The van der Waals surface area contributed by atoms with Gasteiger partial charge in [0.1, 0.15) is 5.67 Å². The summed E-state index contributed by atoms with van der Waals surface area (Å²) in [6.07, 6.45) is 4.36. The number of rotatable bonds is 2. The highest BCUT2D eigenvalue weighted by Gasteiger charge is 2.49. The summed E-state index contributed by atoms with van der Waals surface area (Å²) in [4.78, 5) is 11.7. The molecule has 0 atom stereocenters. The second-order valence-electron chi connectivity index (χ2n) is 5.58. The monoisotopic (exact) mass is 213 g/mol. The first-order valence-electron chi connectivity index (χ1n) is 5.96. The lowest BCUT2D eigenvalue weighted by Crippen LogP contribution is -2.58. The molecule has 1 amide bonds. The Morgan fingerprint density at radius 2 is 1.60 bits per heavy atom. The molecule has 15 heavy (non-hydrogen) atoms. The van der Waals surface area contributed by atoms with Crippen molar-refractivity contribution in [1.29, 1.82) is 0 Å². The van der Waals surface area contributed by atoms with E-state index in [9.17, 15) is 9.18 Å². The average molecular weight is 213 g/mol. The molecule has 2 nitrogen and oxygen atoms in total. The number of nitrogens with one attached hydrogen (secondary N) is 1. The van der Waals surface area contributed by atoms with Gasteiger partial charge in [-0.2, -0.15) is 0 Å². The zero-order chi connectivity index (χ0) is 11.1. The Morgan fingerprint density at radius 3 is 2.00 bits per heavy atom. The maximum atomic E-state index is 13.9. The van der Waals surface area contributed by atoms with Gasteiger partial charge in [0, 0.05) is 11.5 Å². The second-order valence-corrected chi connectivity index (χ2v) is 5.58. The average Bonchev–Trinajstić information content (AvgIpc) is 2.20. The van der Waals surface area contributed by atoms with Crippen molar-refractivity contribution in [3.63, 3.8) is 0 Å². The summed E-state index contributed by atoms with van der Waals surface area (Å²) in [5.74, 6) is 0.140. The number of fused-ring (bicyclic) bond motifs is 3. The molecule has 0 saturated heterocycles. The van der Waals surface area contributed by atoms with Gasteiger partial charge in [-0.25, -0.2) is 4.39 Å². The second kappa shape index (κ2) is 3.46. The number of hydrogen-bond donors (Lipinski definition) is 1. The molecule has 3 aliphatic carbocycles. The molecular formula is C12H20FNO. The lowest BCUT2D eigenvalue weighted by atomic mass is 9.64. The van der Waals surface area contributed by atoms with E-state index >= 15 is 0 Å². The lowest BCUT2D eigenvalue weighted by molar-refractivity contribution is -0.128. The summed E-state index contributed by atoms with van der Waals surface area (Å²) in [5, 5.41) is 3.13. The normalized spacial score (nSPS) is 39.5. The van der Waals surface area contributed by atoms with Crippen molar-refractivity contribution in [3.8, 4) is 0 Å². The molecule has 3 rings (SSSR count). The van der Waals surface area contributed by atoms with Crippen LogP contribution >= 0.6 is 0 Å². The predicted molar refractivity (Wildman–Crippen MR) is 57.3 cm³/mol. The highest BCUT2D eigenvalue weighted by atomic mass is 19.1. The molecule has 3 heteroatoms. The third kappa shape index (κ3) is 2.01. The van der Waals surface area contributed by atoms with E-state index in [4.69, 9.17) is 0 Å². The zero-order valence-electron chi connectivity index (χ0n) is 9.61. The van der Waals surface area contributed by atoms with E-state index < -0.39 is 5.67 Å². The summed E-state index contributed by atoms with van der Waals surface area (Å²) < 4.78 is 13.9. The van der Waals surface area contributed by atoms with Crippen LogP contribution in [-0.2, 0) is 4.79 Å². The fourth-order valence-corrected chi connectivity index (χ4v) is 2.73. The van der Waals surface area contributed by atoms with Crippen molar-refractivity contribution >= 4 is 5.91 Å². The minimum absolute atomic E-state index is 0.0263. The Hall–Kier alpha value is -0.600. The van der Waals surface area contributed by atoms with E-state index in [0.717, 1.165) is 19.3 Å². The van der Waals surface area contributed by atoms with Crippen molar-refractivity contribution in [2.75, 3.05) is 0 Å². The van der Waals surface area contributed by atoms with Gasteiger partial charge in [0.05, 0.1) is 0 Å². The molecule has 1 N–H and O–H groups in total. The van der Waals surface area contributed by atoms with Gasteiger partial charge in [-0.15, -0.1) is 0 Å². The number of alkyl halides is 1. The van der Waals surface area contributed by atoms with Crippen LogP contribution in [0.15, 0.2) is 0 Å². The minimum atomic E-state index is -0.912. The predicted octanol–water partition coefficient (Wildman–Crippen LogP) is 2.57. The van der Waals surface area contributed by atoms with Crippen LogP contribution in [0.25, 0.3) is 0 Å². The number of carbonyl (C=O) groups excluding carboxylic acids is 1. The molecule has 0 heterocycles. The van der Waals surface area contributed by atoms with Crippen molar-refractivity contribution in [2.24, 2.45) is 5.92 Å². The summed E-state index contributed by atoms with van der Waals surface area (Å²) in [6, 6.07) is 0. The fraction of sp³-hybridized carbons (Fsp3) is 0.917. The van der Waals surface area contributed by atoms with E-state index in [2.05, 4.69) is 5.32 Å². The number of amides is 1. The van der Waals surface area contributed by atoms with Gasteiger partial charge in [-0.05, 0) is 38.5 Å². The zero-order valence-corrected chi connectivity index (χ0v) is 9.61. The molecular weight excluding hydrogens is 193 g/mol. The van der Waals surface area contributed by atoms with Gasteiger partial charge in [0.2, 0.25) is 5.91 Å². The summed E-state index contributed by atoms with van der Waals surface area (Å²) in [7, 11) is 0. The molecule has 3 aliphatic rings. The van der Waals surface area contributed by atoms with E-state index in [1.165, 1.54) is 0 Å². The standard InChI is InChI=1S/C12H20FNO/c1-9(2)10(15)14-12-6-3-11(13,4-7-12)5-8-12/h9H,3-8H2,1-2H3,(H,14,15). The largest absolute Gasteiger partial charge is 0.350 e.